The van der Waals surface area contributed by atoms with Gasteiger partial charge < -0.3 is 10.6 Å². The van der Waals surface area contributed by atoms with Gasteiger partial charge in [0.05, 0.1) is 6.04 Å². The van der Waals surface area contributed by atoms with Crippen LogP contribution in [0, 0.1) is 0 Å². The van der Waals surface area contributed by atoms with Crippen LogP contribution in [0.15, 0.2) is 30.6 Å². The number of anilines is 2. The highest BCUT2D eigenvalue weighted by Gasteiger charge is 2.08. The molecule has 1 atom stereocenters. The van der Waals surface area contributed by atoms with E-state index < -0.39 is 0 Å². The van der Waals surface area contributed by atoms with E-state index in [4.69, 9.17) is 0 Å². The molecule has 0 radical (unpaired) electrons. The summed E-state index contributed by atoms with van der Waals surface area (Å²) >= 11 is 0. The van der Waals surface area contributed by atoms with E-state index in [1.54, 1.807) is 6.20 Å². The molecule has 0 aliphatic rings. The van der Waals surface area contributed by atoms with Crippen LogP contribution in [0.3, 0.4) is 0 Å². The van der Waals surface area contributed by atoms with Crippen molar-refractivity contribution >= 4 is 11.6 Å². The first-order valence-corrected chi connectivity index (χ1v) is 7.01. The summed E-state index contributed by atoms with van der Waals surface area (Å²) in [6, 6.07) is 6.08. The molecule has 2 N–H and O–H groups in total. The molecule has 0 spiro atoms. The van der Waals surface area contributed by atoms with Crippen molar-refractivity contribution in [3.05, 3.63) is 42.0 Å². The molecule has 5 heteroatoms. The minimum absolute atomic E-state index is 0.151. The first kappa shape index (κ1) is 14.2. The van der Waals surface area contributed by atoms with Gasteiger partial charge in [0.25, 0.3) is 0 Å². The summed E-state index contributed by atoms with van der Waals surface area (Å²) in [6.45, 7) is 7.05. The highest BCUT2D eigenvalue weighted by molar-refractivity contribution is 5.48. The summed E-state index contributed by atoms with van der Waals surface area (Å²) < 4.78 is 0. The number of hydrogen-bond acceptors (Lipinski definition) is 5. The van der Waals surface area contributed by atoms with E-state index >= 15 is 0 Å². The van der Waals surface area contributed by atoms with E-state index in [2.05, 4.69) is 52.4 Å². The van der Waals surface area contributed by atoms with Gasteiger partial charge in [0, 0.05) is 31.4 Å². The van der Waals surface area contributed by atoms with E-state index in [1.165, 1.54) is 0 Å². The van der Waals surface area contributed by atoms with Crippen LogP contribution in [-0.2, 0) is 6.42 Å². The topological polar surface area (TPSA) is 62.7 Å². The molecular weight excluding hydrogens is 250 g/mol. The first-order valence-electron chi connectivity index (χ1n) is 7.01. The van der Waals surface area contributed by atoms with Gasteiger partial charge in [-0.25, -0.2) is 9.97 Å². The molecule has 2 heterocycles. The molecule has 0 aliphatic carbocycles. The lowest BCUT2D eigenvalue weighted by atomic mass is 10.1. The number of nitrogens with one attached hydrogen (secondary N) is 2. The largest absolute Gasteiger partial charge is 0.370 e. The van der Waals surface area contributed by atoms with Crippen LogP contribution in [0.1, 0.15) is 38.2 Å². The monoisotopic (exact) mass is 271 g/mol. The van der Waals surface area contributed by atoms with Crippen molar-refractivity contribution in [3.8, 4) is 0 Å². The van der Waals surface area contributed by atoms with Gasteiger partial charge >= 0.3 is 0 Å². The second-order valence-corrected chi connectivity index (χ2v) is 4.59. The summed E-state index contributed by atoms with van der Waals surface area (Å²) in [7, 11) is 0. The van der Waals surface area contributed by atoms with Gasteiger partial charge in [-0.3, -0.25) is 4.98 Å². The Labute approximate surface area is 119 Å². The van der Waals surface area contributed by atoms with E-state index in [1.807, 2.05) is 18.3 Å². The molecule has 0 fully saturated rings. The van der Waals surface area contributed by atoms with Crippen LogP contribution < -0.4 is 10.6 Å². The minimum atomic E-state index is 0.151. The maximum absolute atomic E-state index is 4.52. The van der Waals surface area contributed by atoms with Crippen molar-refractivity contribution in [2.75, 3.05) is 17.2 Å². The molecule has 2 aromatic rings. The second-order valence-electron chi connectivity index (χ2n) is 4.59. The predicted molar refractivity (Wildman–Crippen MR) is 81.8 cm³/mol. The van der Waals surface area contributed by atoms with Crippen LogP contribution >= 0.6 is 0 Å². The fourth-order valence-electron chi connectivity index (χ4n) is 1.94. The van der Waals surface area contributed by atoms with Gasteiger partial charge in [-0.05, 0) is 25.5 Å². The summed E-state index contributed by atoms with van der Waals surface area (Å²) in [6.07, 6.45) is 4.46. The van der Waals surface area contributed by atoms with Gasteiger partial charge in [-0.15, -0.1) is 0 Å². The Morgan fingerprint density at radius 3 is 2.65 bits per heavy atom. The molecule has 0 aliphatic heterocycles. The number of hydrogen-bond donors (Lipinski definition) is 2. The first-order chi connectivity index (χ1) is 9.72. The summed E-state index contributed by atoms with van der Waals surface area (Å²) in [4.78, 5) is 13.1. The fourth-order valence-corrected chi connectivity index (χ4v) is 1.94. The molecule has 2 aromatic heterocycles. The lowest BCUT2D eigenvalue weighted by molar-refractivity contribution is 0.851. The Balaban J connectivity index is 2.17. The highest BCUT2D eigenvalue weighted by atomic mass is 15.1. The molecule has 0 saturated carbocycles. The third kappa shape index (κ3) is 3.66. The van der Waals surface area contributed by atoms with Crippen LogP contribution in [0.2, 0.25) is 0 Å². The lowest BCUT2D eigenvalue weighted by Gasteiger charge is -2.16. The number of aromatic nitrogens is 3. The zero-order chi connectivity index (χ0) is 14.4. The predicted octanol–water partition coefficient (Wildman–Crippen LogP) is 3.04. The molecule has 106 valence electrons. The maximum atomic E-state index is 4.52. The molecule has 5 nitrogen and oxygen atoms in total. The van der Waals surface area contributed by atoms with E-state index in [0.717, 1.165) is 36.0 Å². The SMILES string of the molecule is CCNc1cc(NC(C)c2cccnc2)nc(CC)n1. The molecule has 0 amide bonds. The van der Waals surface area contributed by atoms with Gasteiger partial charge in [-0.1, -0.05) is 13.0 Å². The van der Waals surface area contributed by atoms with Crippen molar-refractivity contribution < 1.29 is 0 Å². The maximum Gasteiger partial charge on any atom is 0.132 e. The number of rotatable bonds is 6. The Morgan fingerprint density at radius 1 is 1.20 bits per heavy atom. The van der Waals surface area contributed by atoms with E-state index in [9.17, 15) is 0 Å². The fraction of sp³-hybridized carbons (Fsp3) is 0.400. The Hall–Kier alpha value is -2.17. The van der Waals surface area contributed by atoms with E-state index in [-0.39, 0.29) is 6.04 Å². The quantitative estimate of drug-likeness (QED) is 0.845. The molecule has 20 heavy (non-hydrogen) atoms. The normalized spacial score (nSPS) is 11.9. The van der Waals surface area contributed by atoms with Crippen LogP contribution in [0.5, 0.6) is 0 Å². The van der Waals surface area contributed by atoms with Gasteiger partial charge in [0.2, 0.25) is 0 Å². The van der Waals surface area contributed by atoms with Crippen molar-refractivity contribution in [2.24, 2.45) is 0 Å². The van der Waals surface area contributed by atoms with Gasteiger partial charge in [-0.2, -0.15) is 0 Å². The summed E-state index contributed by atoms with van der Waals surface area (Å²) in [5, 5.41) is 6.63. The van der Waals surface area contributed by atoms with Crippen molar-refractivity contribution in [1.82, 2.24) is 15.0 Å². The van der Waals surface area contributed by atoms with Crippen LogP contribution in [-0.4, -0.2) is 21.5 Å². The highest BCUT2D eigenvalue weighted by Crippen LogP contribution is 2.19. The molecular formula is C15H21N5. The van der Waals surface area contributed by atoms with Crippen molar-refractivity contribution in [3.63, 3.8) is 0 Å². The van der Waals surface area contributed by atoms with Crippen molar-refractivity contribution in [2.45, 2.75) is 33.2 Å². The smallest absolute Gasteiger partial charge is 0.132 e. The summed E-state index contributed by atoms with van der Waals surface area (Å²) in [5.74, 6) is 2.54. The Bertz CT molecular complexity index is 541. The second kappa shape index (κ2) is 6.84. The Kier molecular flexibility index (Phi) is 4.87. The molecule has 2 rings (SSSR count). The average molecular weight is 271 g/mol. The van der Waals surface area contributed by atoms with Gasteiger partial charge in [0.15, 0.2) is 0 Å². The summed E-state index contributed by atoms with van der Waals surface area (Å²) in [5.41, 5.74) is 1.13. The van der Waals surface area contributed by atoms with Crippen LogP contribution in [0.4, 0.5) is 11.6 Å². The zero-order valence-electron chi connectivity index (χ0n) is 12.2. The minimum Gasteiger partial charge on any atom is -0.370 e. The molecule has 1 unspecified atom stereocenters. The number of pyridine rings is 1. The van der Waals surface area contributed by atoms with E-state index in [0.29, 0.717) is 0 Å². The van der Waals surface area contributed by atoms with Crippen LogP contribution in [0.25, 0.3) is 0 Å². The third-order valence-electron chi connectivity index (χ3n) is 3.00. The van der Waals surface area contributed by atoms with Crippen molar-refractivity contribution in [1.29, 1.82) is 0 Å². The molecule has 0 aromatic carbocycles. The lowest BCUT2D eigenvalue weighted by Crippen LogP contribution is -2.11. The molecule has 0 saturated heterocycles. The van der Waals surface area contributed by atoms with Gasteiger partial charge in [0.1, 0.15) is 17.5 Å². The molecule has 0 bridgehead atoms. The number of nitrogens with zero attached hydrogens (tertiary/aromatic N) is 3. The Morgan fingerprint density at radius 2 is 2.00 bits per heavy atom. The average Bonchev–Trinajstić information content (AvgIpc) is 2.48. The zero-order valence-corrected chi connectivity index (χ0v) is 12.2. The standard InChI is InChI=1S/C15H21N5/c1-4-13-19-14(17-5-2)9-15(20-13)18-11(3)12-7-6-8-16-10-12/h6-11H,4-5H2,1-3H3,(H2,17,18,19,20). The third-order valence-corrected chi connectivity index (χ3v) is 3.00. The number of aryl methyl sites for hydroxylation is 1.